The van der Waals surface area contributed by atoms with Gasteiger partial charge in [-0.15, -0.1) is 0 Å². The second-order valence-corrected chi connectivity index (χ2v) is 2.94. The number of hydrogen-bond acceptors (Lipinski definition) is 1. The first-order chi connectivity index (χ1) is 4.61. The van der Waals surface area contributed by atoms with Crippen molar-refractivity contribution in [3.05, 3.63) is 27.2 Å². The van der Waals surface area contributed by atoms with Crippen molar-refractivity contribution in [1.82, 2.24) is 0 Å². The minimum atomic E-state index is -0.0592. The second-order valence-electron chi connectivity index (χ2n) is 1.72. The fourth-order valence-electron chi connectivity index (χ4n) is 0.512. The van der Waals surface area contributed by atoms with E-state index in [9.17, 15) is 0 Å². The van der Waals surface area contributed by atoms with E-state index >= 15 is 0 Å². The summed E-state index contributed by atoms with van der Waals surface area (Å²) >= 11 is 16.6. The van der Waals surface area contributed by atoms with Crippen molar-refractivity contribution in [1.29, 1.82) is 0 Å². The molecule has 1 nitrogen and oxygen atoms in total. The van der Waals surface area contributed by atoms with E-state index in [1.165, 1.54) is 12.1 Å². The molecule has 0 aromatic heterocycles. The van der Waals surface area contributed by atoms with Crippen LogP contribution < -0.4 is 0 Å². The van der Waals surface area contributed by atoms with Crippen LogP contribution in [0.1, 0.15) is 0 Å². The minimum Gasteiger partial charge on any atom is -0.506 e. The molecule has 1 N–H and O–H groups in total. The van der Waals surface area contributed by atoms with Gasteiger partial charge in [0.25, 0.3) is 0 Å². The van der Waals surface area contributed by atoms with Crippen LogP contribution in [-0.2, 0) is 0 Å². The third-order valence-corrected chi connectivity index (χ3v) is 2.01. The largest absolute Gasteiger partial charge is 0.506 e. The molecule has 0 amide bonds. The van der Waals surface area contributed by atoms with E-state index in [0.717, 1.165) is 0 Å². The van der Waals surface area contributed by atoms with Crippen LogP contribution in [0.2, 0.25) is 15.1 Å². The fraction of sp³-hybridized carbons (Fsp3) is 0. The van der Waals surface area contributed by atoms with Gasteiger partial charge in [-0.1, -0.05) is 34.8 Å². The molecule has 0 bridgehead atoms. The van der Waals surface area contributed by atoms with Crippen LogP contribution in [0, 0.1) is 0 Å². The van der Waals surface area contributed by atoms with Crippen molar-refractivity contribution in [2.75, 3.05) is 0 Å². The monoisotopic (exact) mass is 219 g/mol. The van der Waals surface area contributed by atoms with Crippen LogP contribution in [0.4, 0.5) is 0 Å². The summed E-state index contributed by atoms with van der Waals surface area (Å²) in [4.78, 5) is 0. The first kappa shape index (κ1) is 11.9. The van der Waals surface area contributed by atoms with Gasteiger partial charge in [-0.25, -0.2) is 0 Å². The molecule has 0 aliphatic carbocycles. The Morgan fingerprint density at radius 1 is 0.909 bits per heavy atom. The first-order valence-electron chi connectivity index (χ1n) is 2.45. The van der Waals surface area contributed by atoms with Gasteiger partial charge in [0.1, 0.15) is 5.75 Å². The van der Waals surface area contributed by atoms with E-state index in [1.54, 1.807) is 0 Å². The summed E-state index contributed by atoms with van der Waals surface area (Å²) in [6.45, 7) is 0. The Hall–Kier alpha value is 0.890. The molecular weight excluding hydrogens is 217 g/mol. The van der Waals surface area contributed by atoms with Crippen LogP contribution in [-0.4, -0.2) is 34.7 Å². The van der Waals surface area contributed by atoms with Gasteiger partial charge in [-0.2, -0.15) is 0 Å². The van der Waals surface area contributed by atoms with Gasteiger partial charge in [0.15, 0.2) is 0 Å². The smallest absolute Gasteiger partial charge is 0.135 e. The summed E-state index contributed by atoms with van der Waals surface area (Å²) < 4.78 is 0. The Kier molecular flexibility index (Phi) is 5.19. The number of aromatic hydroxyl groups is 1. The Labute approximate surface area is 102 Å². The molecule has 0 heterocycles. The maximum atomic E-state index is 8.95. The molecule has 5 heteroatoms. The molecule has 0 aliphatic rings. The molecule has 0 aliphatic heterocycles. The van der Waals surface area contributed by atoms with Crippen LogP contribution in [0.25, 0.3) is 0 Å². The van der Waals surface area contributed by atoms with Crippen LogP contribution in [0.15, 0.2) is 12.1 Å². The number of halogens is 3. The van der Waals surface area contributed by atoms with Gasteiger partial charge in [0.05, 0.1) is 15.1 Å². The zero-order valence-electron chi connectivity index (χ0n) is 5.74. The molecule has 1 rings (SSSR count). The van der Waals surface area contributed by atoms with E-state index in [1.807, 2.05) is 0 Å². The zero-order valence-corrected chi connectivity index (χ0v) is 10.0. The number of rotatable bonds is 0. The summed E-state index contributed by atoms with van der Waals surface area (Å²) in [5.41, 5.74) is 0. The van der Waals surface area contributed by atoms with E-state index < -0.39 is 0 Å². The van der Waals surface area contributed by atoms with Crippen molar-refractivity contribution in [3.8, 4) is 5.75 Å². The molecule has 1 aromatic carbocycles. The molecule has 0 unspecified atom stereocenters. The minimum absolute atomic E-state index is 0. The average Bonchev–Trinajstić information content (AvgIpc) is 1.84. The van der Waals surface area contributed by atoms with Gasteiger partial charge < -0.3 is 5.11 Å². The summed E-state index contributed by atoms with van der Waals surface area (Å²) in [5.74, 6) is -0.0592. The second kappa shape index (κ2) is 4.80. The third-order valence-electron chi connectivity index (χ3n) is 0.990. The summed E-state index contributed by atoms with van der Waals surface area (Å²) in [6.07, 6.45) is 0. The Morgan fingerprint density at radius 2 is 1.36 bits per heavy atom. The van der Waals surface area contributed by atoms with Gasteiger partial charge >= 0.3 is 0 Å². The van der Waals surface area contributed by atoms with Crippen LogP contribution in [0.5, 0.6) is 5.75 Å². The Balaban J connectivity index is 0.000001000. The van der Waals surface area contributed by atoms with E-state index in [-0.39, 0.29) is 40.3 Å². The molecule has 11 heavy (non-hydrogen) atoms. The van der Waals surface area contributed by atoms with Crippen LogP contribution >= 0.6 is 34.8 Å². The van der Waals surface area contributed by atoms with Gasteiger partial charge in [0, 0.05) is 35.6 Å². The summed E-state index contributed by atoms with van der Waals surface area (Å²) in [7, 11) is 0. The first-order valence-corrected chi connectivity index (χ1v) is 3.58. The van der Waals surface area contributed by atoms with Crippen molar-refractivity contribution in [2.45, 2.75) is 0 Å². The topological polar surface area (TPSA) is 20.2 Å². The quantitative estimate of drug-likeness (QED) is 0.526. The summed E-state index contributed by atoms with van der Waals surface area (Å²) in [5, 5.41) is 9.79. The third kappa shape index (κ3) is 3.02. The van der Waals surface area contributed by atoms with Crippen molar-refractivity contribution in [2.24, 2.45) is 0 Å². The van der Waals surface area contributed by atoms with Gasteiger partial charge in [-0.05, 0) is 6.07 Å². The van der Waals surface area contributed by atoms with Crippen LogP contribution in [0.3, 0.4) is 0 Å². The molecule has 55 valence electrons. The Bertz CT molecular complexity index is 214. The number of benzene rings is 1. The average molecular weight is 220 g/mol. The maximum Gasteiger partial charge on any atom is 0.135 e. The van der Waals surface area contributed by atoms with Gasteiger partial charge in [0.2, 0.25) is 0 Å². The normalized spacial score (nSPS) is 9.00. The zero-order chi connectivity index (χ0) is 7.72. The molecule has 0 fully saturated rings. The maximum absolute atomic E-state index is 8.95. The van der Waals surface area contributed by atoms with Gasteiger partial charge in [-0.3, -0.25) is 0 Å². The number of phenols is 1. The Morgan fingerprint density at radius 3 is 1.82 bits per heavy atom. The molecule has 1 radical (unpaired) electrons. The van der Waals surface area contributed by atoms with E-state index in [0.29, 0.717) is 10.0 Å². The predicted molar refractivity (Wildman–Crippen MR) is 48.9 cm³/mol. The van der Waals surface area contributed by atoms with Crippen molar-refractivity contribution < 1.29 is 5.11 Å². The molecule has 0 saturated carbocycles. The number of hydrogen-bond donors (Lipinski definition) is 1. The van der Waals surface area contributed by atoms with Crippen molar-refractivity contribution in [3.63, 3.8) is 0 Å². The standard InChI is InChI=1S/C6H3Cl3O.Na/c7-3-1-5(9)6(10)2-4(3)8;/h1-2,10H;. The fourth-order valence-corrected chi connectivity index (χ4v) is 1.05. The molecule has 0 atom stereocenters. The molecule has 1 aromatic rings. The molecule has 0 spiro atoms. The molecular formula is C6H3Cl3NaO. The van der Waals surface area contributed by atoms with Crippen molar-refractivity contribution >= 4 is 64.4 Å². The summed E-state index contributed by atoms with van der Waals surface area (Å²) in [6, 6.07) is 2.69. The van der Waals surface area contributed by atoms with E-state index in [4.69, 9.17) is 39.9 Å². The van der Waals surface area contributed by atoms with E-state index in [2.05, 4.69) is 0 Å². The SMILES string of the molecule is Oc1cc(Cl)c(Cl)cc1Cl.[Na]. The number of phenolic OH excluding ortho intramolecular Hbond substituents is 1. The predicted octanol–water partition coefficient (Wildman–Crippen LogP) is 2.97. The molecule has 0 saturated heterocycles.